The van der Waals surface area contributed by atoms with Crippen molar-refractivity contribution in [3.8, 4) is 0 Å². The number of hydrogen-bond donors (Lipinski definition) is 1. The first kappa shape index (κ1) is 8.75. The van der Waals surface area contributed by atoms with E-state index in [9.17, 15) is 4.79 Å². The lowest BCUT2D eigenvalue weighted by atomic mass is 9.84. The van der Waals surface area contributed by atoms with Gasteiger partial charge in [-0.25, -0.2) is 4.79 Å². The first-order valence-corrected chi connectivity index (χ1v) is 4.73. The largest absolute Gasteiger partial charge is 0.479 e. The van der Waals surface area contributed by atoms with Gasteiger partial charge in [0.1, 0.15) is 0 Å². The van der Waals surface area contributed by atoms with Gasteiger partial charge >= 0.3 is 5.97 Å². The maximum Gasteiger partial charge on any atom is 0.340 e. The molecule has 72 valence electrons. The van der Waals surface area contributed by atoms with Crippen LogP contribution in [0, 0.1) is 0 Å². The second-order valence-corrected chi connectivity index (χ2v) is 3.92. The van der Waals surface area contributed by atoms with Crippen molar-refractivity contribution in [3.05, 3.63) is 11.1 Å². The Hall–Kier alpha value is -0.830. The van der Waals surface area contributed by atoms with Gasteiger partial charge in [-0.05, 0) is 43.8 Å². The Morgan fingerprint density at radius 2 is 2.15 bits per heavy atom. The van der Waals surface area contributed by atoms with Crippen molar-refractivity contribution in [2.75, 3.05) is 6.61 Å². The minimum Gasteiger partial charge on any atom is -0.479 e. The van der Waals surface area contributed by atoms with Gasteiger partial charge in [0.2, 0.25) is 0 Å². The molecule has 1 atom stereocenters. The van der Waals surface area contributed by atoms with Crippen LogP contribution in [0.4, 0.5) is 0 Å². The highest BCUT2D eigenvalue weighted by molar-refractivity contribution is 5.82. The molecule has 0 unspecified atom stereocenters. The van der Waals surface area contributed by atoms with Gasteiger partial charge in [0.25, 0.3) is 0 Å². The van der Waals surface area contributed by atoms with E-state index in [0.717, 1.165) is 24.8 Å². The summed E-state index contributed by atoms with van der Waals surface area (Å²) in [6.07, 6.45) is 4.21. The van der Waals surface area contributed by atoms with Gasteiger partial charge in [-0.15, -0.1) is 0 Å². The minimum atomic E-state index is -1.02. The Labute approximate surface area is 77.4 Å². The van der Waals surface area contributed by atoms with Gasteiger partial charge < -0.3 is 9.84 Å². The van der Waals surface area contributed by atoms with Gasteiger partial charge in [0.15, 0.2) is 5.60 Å². The van der Waals surface area contributed by atoms with Crippen molar-refractivity contribution < 1.29 is 14.6 Å². The van der Waals surface area contributed by atoms with E-state index < -0.39 is 11.6 Å². The van der Waals surface area contributed by atoms with Crippen LogP contribution in [0.25, 0.3) is 0 Å². The smallest absolute Gasteiger partial charge is 0.340 e. The van der Waals surface area contributed by atoms with E-state index >= 15 is 0 Å². The van der Waals surface area contributed by atoms with Gasteiger partial charge in [-0.2, -0.15) is 0 Å². The Morgan fingerprint density at radius 3 is 2.85 bits per heavy atom. The molecule has 0 bridgehead atoms. The van der Waals surface area contributed by atoms with Crippen molar-refractivity contribution in [2.24, 2.45) is 0 Å². The Morgan fingerprint density at radius 1 is 1.46 bits per heavy atom. The summed E-state index contributed by atoms with van der Waals surface area (Å²) in [6, 6.07) is 0. The van der Waals surface area contributed by atoms with E-state index in [0.29, 0.717) is 6.61 Å². The molecule has 0 spiro atoms. The molecule has 0 aromatic heterocycles. The number of aliphatic carboxylic acids is 1. The van der Waals surface area contributed by atoms with Crippen molar-refractivity contribution >= 4 is 5.97 Å². The first-order valence-electron chi connectivity index (χ1n) is 4.73. The minimum absolute atomic E-state index is 0.526. The fraction of sp³-hybridized carbons (Fsp3) is 0.700. The predicted molar refractivity (Wildman–Crippen MR) is 47.5 cm³/mol. The third-order valence-corrected chi connectivity index (χ3v) is 3.10. The maximum atomic E-state index is 11.0. The highest BCUT2D eigenvalue weighted by Crippen LogP contribution is 2.40. The molecule has 3 heteroatoms. The third kappa shape index (κ3) is 1.18. The Balaban J connectivity index is 2.34. The lowest BCUT2D eigenvalue weighted by Crippen LogP contribution is -2.37. The Kier molecular flexibility index (Phi) is 1.91. The van der Waals surface area contributed by atoms with E-state index in [2.05, 4.69) is 0 Å². The van der Waals surface area contributed by atoms with Gasteiger partial charge in [-0.1, -0.05) is 0 Å². The second kappa shape index (κ2) is 2.84. The van der Waals surface area contributed by atoms with Crippen molar-refractivity contribution in [1.29, 1.82) is 0 Å². The molecule has 3 nitrogen and oxygen atoms in total. The second-order valence-electron chi connectivity index (χ2n) is 3.92. The lowest BCUT2D eigenvalue weighted by Gasteiger charge is -2.24. The highest BCUT2D eigenvalue weighted by atomic mass is 16.5. The summed E-state index contributed by atoms with van der Waals surface area (Å²) in [5.41, 5.74) is 1.25. The zero-order chi connectivity index (χ0) is 9.47. The molecular formula is C10H14O3. The molecule has 0 saturated heterocycles. The standard InChI is InChI=1S/C10H14O3/c1-10(9(11)12)8-5-3-2-4-7(8)6-13-10/h2-6H2,1H3,(H,11,12)/t10-/m1/s1. The molecule has 2 rings (SSSR count). The topological polar surface area (TPSA) is 46.5 Å². The molecule has 1 heterocycles. The van der Waals surface area contributed by atoms with Crippen LogP contribution in [0.15, 0.2) is 11.1 Å². The van der Waals surface area contributed by atoms with Crippen LogP contribution >= 0.6 is 0 Å². The summed E-state index contributed by atoms with van der Waals surface area (Å²) < 4.78 is 5.38. The zero-order valence-electron chi connectivity index (χ0n) is 7.80. The number of carbonyl (C=O) groups is 1. The normalized spacial score (nSPS) is 33.3. The summed E-state index contributed by atoms with van der Waals surface area (Å²) in [6.45, 7) is 2.20. The fourth-order valence-corrected chi connectivity index (χ4v) is 2.21. The molecule has 2 aliphatic rings. The highest BCUT2D eigenvalue weighted by Gasteiger charge is 2.44. The molecule has 0 saturated carbocycles. The number of carboxylic acid groups (broad SMARTS) is 1. The summed E-state index contributed by atoms with van der Waals surface area (Å²) in [4.78, 5) is 11.0. The third-order valence-electron chi connectivity index (χ3n) is 3.10. The first-order chi connectivity index (χ1) is 6.14. The monoisotopic (exact) mass is 182 g/mol. The van der Waals surface area contributed by atoms with E-state index in [1.165, 1.54) is 12.0 Å². The molecule has 0 radical (unpaired) electrons. The summed E-state index contributed by atoms with van der Waals surface area (Å²) in [7, 11) is 0. The van der Waals surface area contributed by atoms with Crippen molar-refractivity contribution in [3.63, 3.8) is 0 Å². The molecule has 13 heavy (non-hydrogen) atoms. The maximum absolute atomic E-state index is 11.0. The quantitative estimate of drug-likeness (QED) is 0.628. The molecule has 1 aliphatic heterocycles. The molecule has 1 N–H and O–H groups in total. The summed E-state index contributed by atoms with van der Waals surface area (Å²) >= 11 is 0. The van der Waals surface area contributed by atoms with Crippen LogP contribution < -0.4 is 0 Å². The number of carboxylic acids is 1. The van der Waals surface area contributed by atoms with Crippen LogP contribution in [-0.4, -0.2) is 23.3 Å². The van der Waals surface area contributed by atoms with Gasteiger partial charge in [0.05, 0.1) is 6.61 Å². The fourth-order valence-electron chi connectivity index (χ4n) is 2.21. The average molecular weight is 182 g/mol. The van der Waals surface area contributed by atoms with Crippen LogP contribution in [0.1, 0.15) is 32.6 Å². The van der Waals surface area contributed by atoms with E-state index in [-0.39, 0.29) is 0 Å². The molecular weight excluding hydrogens is 168 g/mol. The van der Waals surface area contributed by atoms with Crippen LogP contribution in [0.2, 0.25) is 0 Å². The Bertz CT molecular complexity index is 280. The summed E-state index contributed by atoms with van der Waals surface area (Å²) in [5, 5.41) is 9.05. The van der Waals surface area contributed by atoms with Crippen LogP contribution in [0.3, 0.4) is 0 Å². The predicted octanol–water partition coefficient (Wildman–Crippen LogP) is 1.73. The van der Waals surface area contributed by atoms with Crippen LogP contribution in [0.5, 0.6) is 0 Å². The van der Waals surface area contributed by atoms with E-state index in [4.69, 9.17) is 9.84 Å². The number of rotatable bonds is 1. The van der Waals surface area contributed by atoms with Crippen molar-refractivity contribution in [2.45, 2.75) is 38.2 Å². The van der Waals surface area contributed by atoms with Gasteiger partial charge in [-0.3, -0.25) is 0 Å². The zero-order valence-corrected chi connectivity index (χ0v) is 7.80. The molecule has 0 aromatic carbocycles. The van der Waals surface area contributed by atoms with E-state index in [1.54, 1.807) is 6.92 Å². The molecule has 0 fully saturated rings. The van der Waals surface area contributed by atoms with Crippen molar-refractivity contribution in [1.82, 2.24) is 0 Å². The molecule has 1 aliphatic carbocycles. The number of hydrogen-bond acceptors (Lipinski definition) is 2. The summed E-state index contributed by atoms with van der Waals surface area (Å²) in [5.74, 6) is -0.848. The number of ether oxygens (including phenoxy) is 1. The van der Waals surface area contributed by atoms with Crippen LogP contribution in [-0.2, 0) is 9.53 Å². The van der Waals surface area contributed by atoms with E-state index in [1.807, 2.05) is 0 Å². The SMILES string of the molecule is C[C@@]1(C(=O)O)OCC2=C1CCCC2. The average Bonchev–Trinajstić information content (AvgIpc) is 2.47. The van der Waals surface area contributed by atoms with Gasteiger partial charge in [0, 0.05) is 0 Å². The molecule has 0 amide bonds. The lowest BCUT2D eigenvalue weighted by molar-refractivity contribution is -0.155. The molecule has 0 aromatic rings.